The molecule has 2 atom stereocenters. The molecular formula is C21H23N3O3S. The Morgan fingerprint density at radius 3 is 2.93 bits per heavy atom. The highest BCUT2D eigenvalue weighted by molar-refractivity contribution is 7.14. The van der Waals surface area contributed by atoms with E-state index in [1.807, 2.05) is 18.4 Å². The molecule has 2 aliphatic heterocycles. The normalized spacial score (nSPS) is 20.2. The number of thiophene rings is 1. The molecule has 1 N–H and O–H groups in total. The van der Waals surface area contributed by atoms with E-state index in [9.17, 15) is 4.79 Å². The number of nitrogens with one attached hydrogen (secondary N) is 1. The van der Waals surface area contributed by atoms with Crippen molar-refractivity contribution in [2.24, 2.45) is 0 Å². The highest BCUT2D eigenvalue weighted by Gasteiger charge is 2.33. The van der Waals surface area contributed by atoms with Crippen LogP contribution in [0, 0.1) is 11.3 Å². The second-order valence-electron chi connectivity index (χ2n) is 7.09. The fraction of sp³-hybridized carbons (Fsp3) is 0.429. The van der Waals surface area contributed by atoms with Gasteiger partial charge in [-0.25, -0.2) is 0 Å². The summed E-state index contributed by atoms with van der Waals surface area (Å²) in [6.07, 6.45) is 2.92. The molecular weight excluding hydrogens is 374 g/mol. The van der Waals surface area contributed by atoms with E-state index >= 15 is 0 Å². The van der Waals surface area contributed by atoms with Crippen LogP contribution >= 0.6 is 11.3 Å². The Morgan fingerprint density at radius 2 is 2.11 bits per heavy atom. The van der Waals surface area contributed by atoms with Crippen LogP contribution in [0.5, 0.6) is 11.5 Å². The van der Waals surface area contributed by atoms with E-state index in [0.717, 1.165) is 42.9 Å². The summed E-state index contributed by atoms with van der Waals surface area (Å²) in [7, 11) is 0. The molecule has 3 heterocycles. The number of carbonyl (C=O) groups excluding carboxylic acids is 1. The van der Waals surface area contributed by atoms with Crippen molar-refractivity contribution in [1.82, 2.24) is 4.90 Å². The number of benzene rings is 1. The third kappa shape index (κ3) is 3.71. The third-order valence-electron chi connectivity index (χ3n) is 5.35. The van der Waals surface area contributed by atoms with Crippen LogP contribution < -0.4 is 14.8 Å². The summed E-state index contributed by atoms with van der Waals surface area (Å²) in [6, 6.07) is 9.82. The van der Waals surface area contributed by atoms with Gasteiger partial charge in [0.2, 0.25) is 5.91 Å². The van der Waals surface area contributed by atoms with Crippen molar-refractivity contribution in [3.63, 3.8) is 0 Å². The summed E-state index contributed by atoms with van der Waals surface area (Å²) >= 11 is 1.37. The van der Waals surface area contributed by atoms with Gasteiger partial charge in [0.25, 0.3) is 0 Å². The lowest BCUT2D eigenvalue weighted by molar-refractivity contribution is -0.121. The molecule has 4 rings (SSSR count). The molecule has 2 aromatic rings. The van der Waals surface area contributed by atoms with E-state index in [-0.39, 0.29) is 18.0 Å². The molecule has 146 valence electrons. The van der Waals surface area contributed by atoms with Crippen molar-refractivity contribution >= 4 is 22.2 Å². The van der Waals surface area contributed by atoms with Crippen LogP contribution in [0.25, 0.3) is 0 Å². The zero-order chi connectivity index (χ0) is 19.5. The van der Waals surface area contributed by atoms with E-state index in [2.05, 4.69) is 28.4 Å². The number of nitriles is 1. The molecule has 0 bridgehead atoms. The van der Waals surface area contributed by atoms with Gasteiger partial charge in [0, 0.05) is 12.5 Å². The number of anilines is 1. The third-order valence-corrected chi connectivity index (χ3v) is 6.18. The van der Waals surface area contributed by atoms with Gasteiger partial charge in [-0.2, -0.15) is 5.26 Å². The molecule has 2 aliphatic rings. The molecule has 1 saturated heterocycles. The fourth-order valence-corrected chi connectivity index (χ4v) is 4.60. The second-order valence-corrected chi connectivity index (χ2v) is 8.01. The first-order valence-electron chi connectivity index (χ1n) is 9.61. The average Bonchev–Trinajstić information content (AvgIpc) is 3.31. The van der Waals surface area contributed by atoms with Crippen LogP contribution in [-0.4, -0.2) is 36.6 Å². The van der Waals surface area contributed by atoms with Gasteiger partial charge in [-0.1, -0.05) is 6.07 Å². The van der Waals surface area contributed by atoms with Crippen LogP contribution in [-0.2, 0) is 4.79 Å². The molecule has 0 unspecified atom stereocenters. The molecule has 1 aromatic heterocycles. The maximum atomic E-state index is 12.8. The maximum absolute atomic E-state index is 12.8. The van der Waals surface area contributed by atoms with Gasteiger partial charge in [0.1, 0.15) is 11.1 Å². The number of amides is 1. The minimum atomic E-state index is -0.294. The number of ether oxygens (including phenoxy) is 2. The fourth-order valence-electron chi connectivity index (χ4n) is 3.86. The predicted molar refractivity (Wildman–Crippen MR) is 108 cm³/mol. The van der Waals surface area contributed by atoms with E-state index < -0.39 is 0 Å². The maximum Gasteiger partial charge on any atom is 0.242 e. The van der Waals surface area contributed by atoms with Crippen molar-refractivity contribution in [3.05, 3.63) is 40.8 Å². The van der Waals surface area contributed by atoms with Gasteiger partial charge in [-0.15, -0.1) is 11.3 Å². The molecule has 1 fully saturated rings. The smallest absolute Gasteiger partial charge is 0.242 e. The molecule has 0 radical (unpaired) electrons. The number of hydrogen-bond donors (Lipinski definition) is 1. The topological polar surface area (TPSA) is 74.6 Å². The molecule has 0 saturated carbocycles. The monoisotopic (exact) mass is 397 g/mol. The Bertz CT molecular complexity index is 905. The number of rotatable bonds is 4. The van der Waals surface area contributed by atoms with Gasteiger partial charge < -0.3 is 14.8 Å². The predicted octanol–water partition coefficient (Wildman–Crippen LogP) is 3.95. The molecule has 28 heavy (non-hydrogen) atoms. The number of nitrogens with zero attached hydrogens (tertiary/aromatic N) is 2. The van der Waals surface area contributed by atoms with Gasteiger partial charge in [-0.3, -0.25) is 9.69 Å². The number of fused-ring (bicyclic) bond motifs is 1. The highest BCUT2D eigenvalue weighted by Crippen LogP contribution is 2.39. The summed E-state index contributed by atoms with van der Waals surface area (Å²) in [6.45, 7) is 4.12. The van der Waals surface area contributed by atoms with E-state index in [1.165, 1.54) is 11.3 Å². The first-order valence-corrected chi connectivity index (χ1v) is 10.5. The van der Waals surface area contributed by atoms with Crippen molar-refractivity contribution in [3.8, 4) is 17.6 Å². The molecule has 0 spiro atoms. The second kappa shape index (κ2) is 8.21. The van der Waals surface area contributed by atoms with Crippen molar-refractivity contribution in [1.29, 1.82) is 5.26 Å². The van der Waals surface area contributed by atoms with Crippen molar-refractivity contribution in [2.45, 2.75) is 38.3 Å². The van der Waals surface area contributed by atoms with Crippen LogP contribution in [0.2, 0.25) is 0 Å². The standard InChI is InChI=1S/C21H23N3O3S/c1-14(20(25)23-21-16(13-22)7-11-28-21)24-8-2-4-17(24)15-5-6-18-19(12-15)27-10-3-9-26-18/h5-7,11-12,14,17H,2-4,8-10H2,1H3,(H,23,25)/t14-,17-/m0/s1. The summed E-state index contributed by atoms with van der Waals surface area (Å²) in [4.78, 5) is 15.1. The summed E-state index contributed by atoms with van der Waals surface area (Å²) < 4.78 is 11.6. The van der Waals surface area contributed by atoms with Crippen LogP contribution in [0.1, 0.15) is 43.4 Å². The van der Waals surface area contributed by atoms with Crippen molar-refractivity contribution < 1.29 is 14.3 Å². The first-order chi connectivity index (χ1) is 13.7. The van der Waals surface area contributed by atoms with Gasteiger partial charge in [-0.05, 0) is 55.5 Å². The SMILES string of the molecule is C[C@@H](C(=O)Nc1sccc1C#N)N1CCC[C@H]1c1ccc2c(c1)OCCCO2. The molecule has 7 heteroatoms. The van der Waals surface area contributed by atoms with Crippen LogP contribution in [0.3, 0.4) is 0 Å². The number of carbonyl (C=O) groups is 1. The van der Waals surface area contributed by atoms with Crippen LogP contribution in [0.4, 0.5) is 5.00 Å². The van der Waals surface area contributed by atoms with E-state index in [4.69, 9.17) is 14.7 Å². The Hall–Kier alpha value is -2.56. The van der Waals surface area contributed by atoms with Gasteiger partial charge in [0.15, 0.2) is 11.5 Å². The Morgan fingerprint density at radius 1 is 1.29 bits per heavy atom. The highest BCUT2D eigenvalue weighted by atomic mass is 32.1. The number of hydrogen-bond acceptors (Lipinski definition) is 6. The largest absolute Gasteiger partial charge is 0.490 e. The van der Waals surface area contributed by atoms with E-state index in [0.29, 0.717) is 23.8 Å². The lowest BCUT2D eigenvalue weighted by Crippen LogP contribution is -2.41. The van der Waals surface area contributed by atoms with Crippen LogP contribution in [0.15, 0.2) is 29.6 Å². The lowest BCUT2D eigenvalue weighted by Gasteiger charge is -2.30. The Labute approximate surface area is 168 Å². The van der Waals surface area contributed by atoms with Gasteiger partial charge in [0.05, 0.1) is 24.8 Å². The molecule has 1 aromatic carbocycles. The zero-order valence-corrected chi connectivity index (χ0v) is 16.6. The first kappa shape index (κ1) is 18.8. The number of likely N-dealkylation sites (tertiary alicyclic amines) is 1. The summed E-state index contributed by atoms with van der Waals surface area (Å²) in [5, 5.41) is 14.5. The van der Waals surface area contributed by atoms with E-state index in [1.54, 1.807) is 6.07 Å². The van der Waals surface area contributed by atoms with Gasteiger partial charge >= 0.3 is 0 Å². The zero-order valence-electron chi connectivity index (χ0n) is 15.8. The Kier molecular flexibility index (Phi) is 5.51. The average molecular weight is 398 g/mol. The molecule has 0 aliphatic carbocycles. The summed E-state index contributed by atoms with van der Waals surface area (Å²) in [5.41, 5.74) is 1.65. The quantitative estimate of drug-likeness (QED) is 0.846. The van der Waals surface area contributed by atoms with Crippen molar-refractivity contribution in [2.75, 3.05) is 25.1 Å². The summed E-state index contributed by atoms with van der Waals surface area (Å²) in [5.74, 6) is 1.50. The minimum absolute atomic E-state index is 0.0832. The molecule has 1 amide bonds. The Balaban J connectivity index is 1.51. The minimum Gasteiger partial charge on any atom is -0.490 e. The lowest BCUT2D eigenvalue weighted by atomic mass is 10.0. The molecule has 6 nitrogen and oxygen atoms in total.